The van der Waals surface area contributed by atoms with Gasteiger partial charge in [0.15, 0.2) is 6.61 Å². The van der Waals surface area contributed by atoms with Crippen LogP contribution in [0.3, 0.4) is 0 Å². The highest BCUT2D eigenvalue weighted by atomic mass is 35.5. The number of hydrogen-bond acceptors (Lipinski definition) is 4. The standard InChI is InChI=1S/C17H15ClN2O4/c1-11-8-14(18)6-7-15(11)24-10-16(21)20-19-9-12-2-4-13(5-3-12)17(22)23/h2-9H,10H2,1H3,(H,20,21)(H,22,23)/b19-9+. The molecule has 2 aromatic rings. The third-order valence-corrected chi connectivity index (χ3v) is 3.29. The van der Waals surface area contributed by atoms with E-state index in [1.807, 2.05) is 6.92 Å². The number of carboxylic acid groups (broad SMARTS) is 1. The second-order valence-corrected chi connectivity index (χ2v) is 5.36. The Bertz CT molecular complexity index is 773. The monoisotopic (exact) mass is 346 g/mol. The lowest BCUT2D eigenvalue weighted by atomic mass is 10.1. The summed E-state index contributed by atoms with van der Waals surface area (Å²) in [5.74, 6) is -0.841. The Hall–Kier alpha value is -2.86. The number of aromatic carboxylic acids is 1. The van der Waals surface area contributed by atoms with E-state index in [1.54, 1.807) is 30.3 Å². The van der Waals surface area contributed by atoms with Crippen LogP contribution in [0.25, 0.3) is 0 Å². The first-order valence-electron chi connectivity index (χ1n) is 7.00. The Kier molecular flexibility index (Phi) is 5.92. The fourth-order valence-electron chi connectivity index (χ4n) is 1.84. The number of hydrogen-bond donors (Lipinski definition) is 2. The van der Waals surface area contributed by atoms with Crippen LogP contribution in [0, 0.1) is 6.92 Å². The average molecular weight is 347 g/mol. The number of nitrogens with zero attached hydrogens (tertiary/aromatic N) is 1. The number of carbonyl (C=O) groups excluding carboxylic acids is 1. The van der Waals surface area contributed by atoms with E-state index in [0.717, 1.165) is 5.56 Å². The quantitative estimate of drug-likeness (QED) is 0.622. The number of ether oxygens (including phenoxy) is 1. The lowest BCUT2D eigenvalue weighted by Gasteiger charge is -2.08. The van der Waals surface area contributed by atoms with Crippen LogP contribution in [0.4, 0.5) is 0 Å². The molecule has 2 rings (SSSR count). The topological polar surface area (TPSA) is 88.0 Å². The van der Waals surface area contributed by atoms with Crippen LogP contribution < -0.4 is 10.2 Å². The number of nitrogens with one attached hydrogen (secondary N) is 1. The molecule has 24 heavy (non-hydrogen) atoms. The van der Waals surface area contributed by atoms with Crippen LogP contribution in [-0.4, -0.2) is 29.8 Å². The van der Waals surface area contributed by atoms with Crippen LogP contribution in [0.1, 0.15) is 21.5 Å². The van der Waals surface area contributed by atoms with Gasteiger partial charge < -0.3 is 9.84 Å². The van der Waals surface area contributed by atoms with E-state index in [9.17, 15) is 9.59 Å². The number of aryl methyl sites for hydroxylation is 1. The summed E-state index contributed by atoms with van der Waals surface area (Å²) in [5, 5.41) is 13.2. The Labute approximate surface area is 143 Å². The number of benzene rings is 2. The molecule has 0 unspecified atom stereocenters. The van der Waals surface area contributed by atoms with Crippen molar-refractivity contribution >= 4 is 29.7 Å². The molecule has 1 amide bonds. The first kappa shape index (κ1) is 17.5. The molecule has 0 aliphatic rings. The first-order chi connectivity index (χ1) is 11.5. The van der Waals surface area contributed by atoms with Gasteiger partial charge in [0, 0.05) is 5.02 Å². The summed E-state index contributed by atoms with van der Waals surface area (Å²) in [7, 11) is 0. The van der Waals surface area contributed by atoms with E-state index >= 15 is 0 Å². The predicted octanol–water partition coefficient (Wildman–Crippen LogP) is 2.88. The third kappa shape index (κ3) is 5.10. The molecule has 2 aromatic carbocycles. The van der Waals surface area contributed by atoms with E-state index in [-0.39, 0.29) is 12.2 Å². The van der Waals surface area contributed by atoms with Crippen molar-refractivity contribution in [3.8, 4) is 5.75 Å². The number of halogens is 1. The minimum atomic E-state index is -0.999. The molecule has 0 aliphatic heterocycles. The van der Waals surface area contributed by atoms with Crippen molar-refractivity contribution in [2.45, 2.75) is 6.92 Å². The molecule has 0 spiro atoms. The van der Waals surface area contributed by atoms with Gasteiger partial charge in [-0.15, -0.1) is 0 Å². The lowest BCUT2D eigenvalue weighted by molar-refractivity contribution is -0.123. The highest BCUT2D eigenvalue weighted by Crippen LogP contribution is 2.21. The molecule has 0 saturated carbocycles. The molecule has 0 fully saturated rings. The molecule has 0 radical (unpaired) electrons. The maximum atomic E-state index is 11.7. The maximum absolute atomic E-state index is 11.7. The zero-order valence-corrected chi connectivity index (χ0v) is 13.6. The van der Waals surface area contributed by atoms with E-state index in [1.165, 1.54) is 18.3 Å². The second kappa shape index (κ2) is 8.12. The highest BCUT2D eigenvalue weighted by Gasteiger charge is 2.04. The van der Waals surface area contributed by atoms with Crippen molar-refractivity contribution in [2.24, 2.45) is 5.10 Å². The molecule has 0 bridgehead atoms. The maximum Gasteiger partial charge on any atom is 0.335 e. The molecule has 124 valence electrons. The zero-order valence-electron chi connectivity index (χ0n) is 12.8. The summed E-state index contributed by atoms with van der Waals surface area (Å²) >= 11 is 5.85. The fraction of sp³-hybridized carbons (Fsp3) is 0.118. The van der Waals surface area contributed by atoms with Crippen LogP contribution in [-0.2, 0) is 4.79 Å². The van der Waals surface area contributed by atoms with Gasteiger partial charge in [0.05, 0.1) is 11.8 Å². The summed E-state index contributed by atoms with van der Waals surface area (Å²) in [6, 6.07) is 11.2. The van der Waals surface area contributed by atoms with Gasteiger partial charge in [-0.25, -0.2) is 10.2 Å². The normalized spacial score (nSPS) is 10.6. The van der Waals surface area contributed by atoms with Crippen molar-refractivity contribution < 1.29 is 19.4 Å². The lowest BCUT2D eigenvalue weighted by Crippen LogP contribution is -2.24. The number of hydrazone groups is 1. The van der Waals surface area contributed by atoms with Crippen molar-refractivity contribution in [3.63, 3.8) is 0 Å². The molecule has 0 atom stereocenters. The minimum Gasteiger partial charge on any atom is -0.483 e. The summed E-state index contributed by atoms with van der Waals surface area (Å²) < 4.78 is 5.39. The average Bonchev–Trinajstić information content (AvgIpc) is 2.54. The largest absolute Gasteiger partial charge is 0.483 e. The Morgan fingerprint density at radius 3 is 2.58 bits per heavy atom. The van der Waals surface area contributed by atoms with E-state index in [4.69, 9.17) is 21.4 Å². The summed E-state index contributed by atoms with van der Waals surface area (Å²) in [6.45, 7) is 1.65. The van der Waals surface area contributed by atoms with Crippen LogP contribution in [0.15, 0.2) is 47.6 Å². The number of amides is 1. The second-order valence-electron chi connectivity index (χ2n) is 4.92. The smallest absolute Gasteiger partial charge is 0.335 e. The summed E-state index contributed by atoms with van der Waals surface area (Å²) in [5.41, 5.74) is 4.01. The molecule has 0 aromatic heterocycles. The molecular weight excluding hydrogens is 332 g/mol. The number of carbonyl (C=O) groups is 2. The summed E-state index contributed by atoms with van der Waals surface area (Å²) in [4.78, 5) is 22.4. The highest BCUT2D eigenvalue weighted by molar-refractivity contribution is 6.30. The summed E-state index contributed by atoms with van der Waals surface area (Å²) in [6.07, 6.45) is 1.41. The predicted molar refractivity (Wildman–Crippen MR) is 90.8 cm³/mol. The molecule has 0 aliphatic carbocycles. The Balaban J connectivity index is 1.83. The number of carboxylic acids is 1. The van der Waals surface area contributed by atoms with Gasteiger partial charge >= 0.3 is 5.97 Å². The van der Waals surface area contributed by atoms with Crippen molar-refractivity contribution in [2.75, 3.05) is 6.61 Å². The van der Waals surface area contributed by atoms with E-state index in [0.29, 0.717) is 16.3 Å². The van der Waals surface area contributed by atoms with Crippen LogP contribution in [0.2, 0.25) is 5.02 Å². The Morgan fingerprint density at radius 1 is 1.25 bits per heavy atom. The van der Waals surface area contributed by atoms with Gasteiger partial charge in [0.1, 0.15) is 5.75 Å². The first-order valence-corrected chi connectivity index (χ1v) is 7.38. The van der Waals surface area contributed by atoms with Gasteiger partial charge in [-0.1, -0.05) is 23.7 Å². The van der Waals surface area contributed by atoms with Crippen molar-refractivity contribution in [3.05, 3.63) is 64.2 Å². The van der Waals surface area contributed by atoms with Crippen molar-refractivity contribution in [1.29, 1.82) is 0 Å². The minimum absolute atomic E-state index is 0.183. The zero-order chi connectivity index (χ0) is 17.5. The molecule has 7 heteroatoms. The SMILES string of the molecule is Cc1cc(Cl)ccc1OCC(=O)N/N=C/c1ccc(C(=O)O)cc1. The van der Waals surface area contributed by atoms with Gasteiger partial charge in [0.2, 0.25) is 0 Å². The van der Waals surface area contributed by atoms with E-state index < -0.39 is 11.9 Å². The molecular formula is C17H15ClN2O4. The molecule has 0 heterocycles. The van der Waals surface area contributed by atoms with Crippen LogP contribution in [0.5, 0.6) is 5.75 Å². The van der Waals surface area contributed by atoms with Gasteiger partial charge in [-0.05, 0) is 48.4 Å². The third-order valence-electron chi connectivity index (χ3n) is 3.06. The van der Waals surface area contributed by atoms with E-state index in [2.05, 4.69) is 10.5 Å². The van der Waals surface area contributed by atoms with Gasteiger partial charge in [0.25, 0.3) is 5.91 Å². The van der Waals surface area contributed by atoms with Gasteiger partial charge in [-0.3, -0.25) is 4.79 Å². The molecule has 6 nitrogen and oxygen atoms in total. The van der Waals surface area contributed by atoms with Crippen molar-refractivity contribution in [1.82, 2.24) is 5.43 Å². The fourth-order valence-corrected chi connectivity index (χ4v) is 2.07. The molecule has 0 saturated heterocycles. The number of rotatable bonds is 6. The van der Waals surface area contributed by atoms with Gasteiger partial charge in [-0.2, -0.15) is 5.10 Å². The molecule has 2 N–H and O–H groups in total. The Morgan fingerprint density at radius 2 is 1.96 bits per heavy atom. The van der Waals surface area contributed by atoms with Crippen LogP contribution >= 0.6 is 11.6 Å².